The van der Waals surface area contributed by atoms with Crippen LogP contribution >= 0.6 is 34.4 Å². The molecule has 2 aromatic rings. The Kier molecular flexibility index (Phi) is 4.75. The Morgan fingerprint density at radius 3 is 2.83 bits per heavy atom. The summed E-state index contributed by atoms with van der Waals surface area (Å²) >= 11 is 4.41. The van der Waals surface area contributed by atoms with Crippen LogP contribution < -0.4 is 10.1 Å². The zero-order chi connectivity index (χ0) is 16.5. The minimum Gasteiger partial charge on any atom is -0.472 e. The van der Waals surface area contributed by atoms with Gasteiger partial charge >= 0.3 is 0 Å². The maximum absolute atomic E-state index is 12.5. The Morgan fingerprint density at radius 1 is 1.33 bits per heavy atom. The van der Waals surface area contributed by atoms with Gasteiger partial charge in [0.25, 0.3) is 11.1 Å². The Morgan fingerprint density at radius 2 is 2.17 bits per heavy atom. The monoisotopic (exact) mass is 382 g/mol. The van der Waals surface area contributed by atoms with Crippen LogP contribution in [0, 0.1) is 5.92 Å². The molecule has 3 aliphatic rings. The van der Waals surface area contributed by atoms with Gasteiger partial charge in [-0.05, 0) is 67.1 Å². The highest BCUT2D eigenvalue weighted by Crippen LogP contribution is 2.36. The van der Waals surface area contributed by atoms with Crippen LogP contribution in [0.5, 0.6) is 5.19 Å². The molecule has 3 aliphatic heterocycles. The highest BCUT2D eigenvalue weighted by atomic mass is 32.2. The van der Waals surface area contributed by atoms with Crippen molar-refractivity contribution in [2.75, 3.05) is 26.7 Å². The van der Waals surface area contributed by atoms with Crippen molar-refractivity contribution in [1.82, 2.24) is 20.4 Å². The molecule has 0 unspecified atom stereocenters. The van der Waals surface area contributed by atoms with Crippen molar-refractivity contribution in [1.29, 1.82) is 0 Å². The summed E-state index contributed by atoms with van der Waals surface area (Å²) in [5.41, 5.74) is 0. The van der Waals surface area contributed by atoms with Gasteiger partial charge < -0.3 is 15.0 Å². The minimum absolute atomic E-state index is 0.0421. The zero-order valence-electron chi connectivity index (χ0n) is 13.2. The number of fused-ring (bicyclic) bond motifs is 3. The number of thiophene rings is 1. The smallest absolute Gasteiger partial charge is 0.294 e. The lowest BCUT2D eigenvalue weighted by Gasteiger charge is -2.44. The number of carbonyl (C=O) groups is 1. The first kappa shape index (κ1) is 16.3. The van der Waals surface area contributed by atoms with Crippen molar-refractivity contribution in [2.24, 2.45) is 5.92 Å². The van der Waals surface area contributed by atoms with Gasteiger partial charge in [0, 0.05) is 12.6 Å². The zero-order valence-corrected chi connectivity index (χ0v) is 15.7. The molecule has 6 nitrogen and oxygen atoms in total. The third-order valence-electron chi connectivity index (χ3n) is 4.53. The molecule has 0 saturated carbocycles. The van der Waals surface area contributed by atoms with Gasteiger partial charge in [0.2, 0.25) is 0 Å². The molecule has 0 spiro atoms. The Labute approximate surface area is 152 Å². The van der Waals surface area contributed by atoms with Gasteiger partial charge in [-0.25, -0.2) is 0 Å². The standard InChI is InChI=1S/C15H18N4O2S3/c1-21-14-17-18-15(24-14)23-12-3-2-11(22-12)13(20)16-10-8-19-6-4-9(10)5-7-19/h2-3,9-10H,4-8H2,1H3,(H,16,20)/t10-/m0/s1. The lowest BCUT2D eigenvalue weighted by molar-refractivity contribution is 0.0622. The molecule has 128 valence electrons. The van der Waals surface area contributed by atoms with Gasteiger partial charge in [-0.3, -0.25) is 4.79 Å². The number of aromatic nitrogens is 2. The van der Waals surface area contributed by atoms with E-state index in [1.54, 1.807) is 7.11 Å². The number of nitrogens with zero attached hydrogens (tertiary/aromatic N) is 3. The molecule has 0 aliphatic carbocycles. The van der Waals surface area contributed by atoms with E-state index in [-0.39, 0.29) is 5.91 Å². The predicted octanol–water partition coefficient (Wildman–Crippen LogP) is 2.58. The average Bonchev–Trinajstić information content (AvgIpc) is 3.26. The van der Waals surface area contributed by atoms with E-state index in [9.17, 15) is 4.79 Å². The summed E-state index contributed by atoms with van der Waals surface area (Å²) in [4.78, 5) is 15.7. The highest BCUT2D eigenvalue weighted by Gasteiger charge is 2.35. The third kappa shape index (κ3) is 3.44. The summed E-state index contributed by atoms with van der Waals surface area (Å²) in [5, 5.41) is 11.8. The molecule has 1 amide bonds. The number of hydrogen-bond donors (Lipinski definition) is 1. The molecular formula is C15H18N4O2S3. The summed E-state index contributed by atoms with van der Waals surface area (Å²) in [6.45, 7) is 3.36. The number of methoxy groups -OCH3 is 1. The van der Waals surface area contributed by atoms with Crippen LogP contribution in [0.2, 0.25) is 0 Å². The molecule has 2 bridgehead atoms. The van der Waals surface area contributed by atoms with Gasteiger partial charge in [-0.15, -0.1) is 16.4 Å². The van der Waals surface area contributed by atoms with Crippen LogP contribution in [0.25, 0.3) is 0 Å². The second-order valence-corrected chi connectivity index (χ2v) is 9.55. The molecule has 24 heavy (non-hydrogen) atoms. The predicted molar refractivity (Wildman–Crippen MR) is 95.3 cm³/mol. The lowest BCUT2D eigenvalue weighted by atomic mass is 9.84. The van der Waals surface area contributed by atoms with Crippen molar-refractivity contribution < 1.29 is 9.53 Å². The van der Waals surface area contributed by atoms with E-state index in [1.165, 1.54) is 60.4 Å². The molecule has 3 saturated heterocycles. The summed E-state index contributed by atoms with van der Waals surface area (Å²) in [6, 6.07) is 4.15. The second kappa shape index (κ2) is 6.99. The van der Waals surface area contributed by atoms with Gasteiger partial charge in [0.1, 0.15) is 0 Å². The lowest BCUT2D eigenvalue weighted by Crippen LogP contribution is -2.57. The van der Waals surface area contributed by atoms with E-state index in [0.717, 1.165) is 20.0 Å². The van der Waals surface area contributed by atoms with Crippen molar-refractivity contribution >= 4 is 40.3 Å². The third-order valence-corrected chi connectivity index (χ3v) is 7.68. The molecule has 5 rings (SSSR count). The largest absolute Gasteiger partial charge is 0.472 e. The van der Waals surface area contributed by atoms with Gasteiger partial charge in [0.15, 0.2) is 4.34 Å². The van der Waals surface area contributed by atoms with E-state index in [0.29, 0.717) is 17.2 Å². The maximum atomic E-state index is 12.5. The number of nitrogens with one attached hydrogen (secondary N) is 1. The van der Waals surface area contributed by atoms with E-state index in [4.69, 9.17) is 4.74 Å². The normalized spacial score (nSPS) is 25.6. The maximum Gasteiger partial charge on any atom is 0.294 e. The SMILES string of the molecule is COc1nnc(Sc2ccc(C(=O)N[C@H]3CN4CCC3CC4)s2)s1. The number of amides is 1. The van der Waals surface area contributed by atoms with Crippen LogP contribution in [0.15, 0.2) is 20.7 Å². The summed E-state index contributed by atoms with van der Waals surface area (Å²) in [5.74, 6) is 0.682. The Bertz CT molecular complexity index is 724. The molecule has 1 atom stereocenters. The molecule has 1 N–H and O–H groups in total. The van der Waals surface area contributed by atoms with Gasteiger partial charge in [0.05, 0.1) is 16.2 Å². The minimum atomic E-state index is 0.0421. The summed E-state index contributed by atoms with van der Waals surface area (Å²) in [6.07, 6.45) is 2.41. The second-order valence-electron chi connectivity index (χ2n) is 5.98. The van der Waals surface area contributed by atoms with Crippen molar-refractivity contribution in [3.63, 3.8) is 0 Å². The van der Waals surface area contributed by atoms with E-state index in [1.807, 2.05) is 12.1 Å². The van der Waals surface area contributed by atoms with Crippen LogP contribution in [-0.4, -0.2) is 53.8 Å². The first-order valence-electron chi connectivity index (χ1n) is 7.89. The average molecular weight is 383 g/mol. The first-order chi connectivity index (χ1) is 11.7. The van der Waals surface area contributed by atoms with Crippen LogP contribution in [0.1, 0.15) is 22.5 Å². The molecule has 9 heteroatoms. The van der Waals surface area contributed by atoms with E-state index >= 15 is 0 Å². The molecule has 5 heterocycles. The van der Waals surface area contributed by atoms with Crippen LogP contribution in [0.4, 0.5) is 0 Å². The van der Waals surface area contributed by atoms with E-state index in [2.05, 4.69) is 20.4 Å². The first-order valence-corrected chi connectivity index (χ1v) is 10.3. The van der Waals surface area contributed by atoms with Crippen molar-refractivity contribution in [3.8, 4) is 5.19 Å². The fourth-order valence-corrected chi connectivity index (χ4v) is 6.18. The van der Waals surface area contributed by atoms with Crippen LogP contribution in [0.3, 0.4) is 0 Å². The number of piperidine rings is 3. The molecule has 0 aromatic carbocycles. The Balaban J connectivity index is 1.38. The number of carbonyl (C=O) groups excluding carboxylic acids is 1. The quantitative estimate of drug-likeness (QED) is 0.857. The molecular weight excluding hydrogens is 364 g/mol. The molecule has 2 aromatic heterocycles. The summed E-state index contributed by atoms with van der Waals surface area (Å²) < 4.78 is 6.90. The Hall–Kier alpha value is -1.16. The van der Waals surface area contributed by atoms with Gasteiger partial charge in [-0.1, -0.05) is 5.10 Å². The highest BCUT2D eigenvalue weighted by molar-refractivity contribution is 8.02. The topological polar surface area (TPSA) is 67.3 Å². The number of rotatable bonds is 5. The van der Waals surface area contributed by atoms with E-state index < -0.39 is 0 Å². The summed E-state index contributed by atoms with van der Waals surface area (Å²) in [7, 11) is 1.58. The number of ether oxygens (including phenoxy) is 1. The van der Waals surface area contributed by atoms with Crippen molar-refractivity contribution in [2.45, 2.75) is 27.4 Å². The molecule has 3 fully saturated rings. The fraction of sp³-hybridized carbons (Fsp3) is 0.533. The van der Waals surface area contributed by atoms with Gasteiger partial charge in [-0.2, -0.15) is 0 Å². The van der Waals surface area contributed by atoms with Crippen LogP contribution in [-0.2, 0) is 0 Å². The number of hydrogen-bond acceptors (Lipinski definition) is 8. The van der Waals surface area contributed by atoms with Crippen molar-refractivity contribution in [3.05, 3.63) is 17.0 Å². The molecule has 0 radical (unpaired) electrons. The fourth-order valence-electron chi connectivity index (χ4n) is 3.27.